The van der Waals surface area contributed by atoms with E-state index >= 15 is 0 Å². The Balaban J connectivity index is 2.00. The molecule has 6 heteroatoms. The number of nitrogens with one attached hydrogen (secondary N) is 2. The fourth-order valence-corrected chi connectivity index (χ4v) is 2.08. The quantitative estimate of drug-likeness (QED) is 0.335. The van der Waals surface area contributed by atoms with Crippen LogP contribution in [0, 0.1) is 0 Å². The Morgan fingerprint density at radius 2 is 1.90 bits per heavy atom. The minimum absolute atomic E-state index is 0.182. The van der Waals surface area contributed by atoms with E-state index in [-0.39, 0.29) is 6.04 Å². The molecule has 1 heterocycles. The molecule has 1 aliphatic rings. The molecule has 0 atom stereocenters. The van der Waals surface area contributed by atoms with Gasteiger partial charge in [0, 0.05) is 30.5 Å². The van der Waals surface area contributed by atoms with E-state index in [1.54, 1.807) is 0 Å². The lowest BCUT2D eigenvalue weighted by Gasteiger charge is -2.29. The minimum Gasteiger partial charge on any atom is -0.378 e. The third kappa shape index (κ3) is 4.11. The van der Waals surface area contributed by atoms with Crippen molar-refractivity contribution in [3.05, 3.63) is 24.3 Å². The average molecular weight is 277 g/mol. The molecule has 4 N–H and O–H groups in total. The van der Waals surface area contributed by atoms with E-state index in [4.69, 9.17) is 10.6 Å². The van der Waals surface area contributed by atoms with E-state index in [0.29, 0.717) is 5.96 Å². The van der Waals surface area contributed by atoms with E-state index in [1.165, 1.54) is 5.69 Å². The molecule has 0 unspecified atom stereocenters. The number of hydrogen-bond acceptors (Lipinski definition) is 4. The molecule has 1 aliphatic heterocycles. The second-order valence-electron chi connectivity index (χ2n) is 4.99. The molecular weight excluding hydrogens is 254 g/mol. The Bertz CT molecular complexity index is 437. The van der Waals surface area contributed by atoms with Crippen LogP contribution >= 0.6 is 0 Å². The van der Waals surface area contributed by atoms with Crippen LogP contribution in [0.1, 0.15) is 13.8 Å². The van der Waals surface area contributed by atoms with Crippen LogP contribution in [0.3, 0.4) is 0 Å². The number of hydrogen-bond donors (Lipinski definition) is 3. The molecule has 0 radical (unpaired) electrons. The third-order valence-electron chi connectivity index (χ3n) is 3.03. The average Bonchev–Trinajstić information content (AvgIpc) is 2.48. The molecule has 110 valence electrons. The van der Waals surface area contributed by atoms with Gasteiger partial charge in [-0.25, -0.2) is 10.8 Å². The summed E-state index contributed by atoms with van der Waals surface area (Å²) >= 11 is 0. The molecule has 20 heavy (non-hydrogen) atoms. The summed E-state index contributed by atoms with van der Waals surface area (Å²) in [6, 6.07) is 8.42. The number of guanidine groups is 1. The molecule has 1 aromatic rings. The molecule has 0 amide bonds. The zero-order valence-corrected chi connectivity index (χ0v) is 12.1. The fourth-order valence-electron chi connectivity index (χ4n) is 2.08. The molecule has 2 rings (SSSR count). The number of hydrazine groups is 1. The number of nitrogens with two attached hydrogens (primary N) is 1. The summed E-state index contributed by atoms with van der Waals surface area (Å²) in [5.41, 5.74) is 4.74. The van der Waals surface area contributed by atoms with Crippen LogP contribution in [0.5, 0.6) is 0 Å². The topological polar surface area (TPSA) is 74.9 Å². The molecule has 1 aromatic carbocycles. The molecule has 0 aliphatic carbocycles. The van der Waals surface area contributed by atoms with Crippen LogP contribution in [0.25, 0.3) is 0 Å². The van der Waals surface area contributed by atoms with Gasteiger partial charge in [-0.15, -0.1) is 0 Å². The maximum Gasteiger partial charge on any atom is 0.210 e. The summed E-state index contributed by atoms with van der Waals surface area (Å²) in [5.74, 6) is 6.02. The summed E-state index contributed by atoms with van der Waals surface area (Å²) in [4.78, 5) is 6.66. The molecule has 6 nitrogen and oxygen atoms in total. The van der Waals surface area contributed by atoms with Crippen LogP contribution in [-0.4, -0.2) is 38.3 Å². The second-order valence-corrected chi connectivity index (χ2v) is 4.99. The number of morpholine rings is 1. The summed E-state index contributed by atoms with van der Waals surface area (Å²) in [7, 11) is 0. The van der Waals surface area contributed by atoms with Gasteiger partial charge in [-0.3, -0.25) is 5.43 Å². The number of benzene rings is 1. The maximum atomic E-state index is 5.45. The molecule has 0 aromatic heterocycles. The van der Waals surface area contributed by atoms with Gasteiger partial charge in [0.25, 0.3) is 0 Å². The highest BCUT2D eigenvalue weighted by atomic mass is 16.5. The Labute approximate surface area is 120 Å². The normalized spacial score (nSPS) is 16.4. The summed E-state index contributed by atoms with van der Waals surface area (Å²) in [6.07, 6.45) is 0. The van der Waals surface area contributed by atoms with Crippen molar-refractivity contribution in [1.29, 1.82) is 0 Å². The summed E-state index contributed by atoms with van der Waals surface area (Å²) in [5, 5.41) is 3.16. The molecule has 0 spiro atoms. The smallest absolute Gasteiger partial charge is 0.210 e. The molecule has 1 saturated heterocycles. The number of anilines is 2. The van der Waals surface area contributed by atoms with Crippen LogP contribution in [0.2, 0.25) is 0 Å². The molecule has 0 saturated carbocycles. The van der Waals surface area contributed by atoms with Crippen LogP contribution in [0.15, 0.2) is 29.3 Å². The van der Waals surface area contributed by atoms with Crippen molar-refractivity contribution in [3.63, 3.8) is 0 Å². The first kappa shape index (κ1) is 14.6. The van der Waals surface area contributed by atoms with Gasteiger partial charge in [0.05, 0.1) is 13.2 Å². The zero-order chi connectivity index (χ0) is 14.4. The van der Waals surface area contributed by atoms with Gasteiger partial charge in [0.15, 0.2) is 0 Å². The minimum atomic E-state index is 0.182. The first-order valence-corrected chi connectivity index (χ1v) is 6.93. The van der Waals surface area contributed by atoms with Crippen LogP contribution in [-0.2, 0) is 4.74 Å². The molecule has 1 fully saturated rings. The predicted molar refractivity (Wildman–Crippen MR) is 83.0 cm³/mol. The van der Waals surface area contributed by atoms with Crippen LogP contribution < -0.4 is 21.5 Å². The SMILES string of the molecule is CC(C)N=C(NN)Nc1ccc(N2CCOCC2)cc1. The van der Waals surface area contributed by atoms with Crippen molar-refractivity contribution in [3.8, 4) is 0 Å². The van der Waals surface area contributed by atoms with Crippen molar-refractivity contribution < 1.29 is 4.74 Å². The Morgan fingerprint density at radius 3 is 2.45 bits per heavy atom. The number of rotatable bonds is 3. The number of aliphatic imine (C=N–C) groups is 1. The van der Waals surface area contributed by atoms with Gasteiger partial charge in [0.1, 0.15) is 0 Å². The summed E-state index contributed by atoms with van der Waals surface area (Å²) < 4.78 is 5.36. The lowest BCUT2D eigenvalue weighted by Crippen LogP contribution is -2.37. The van der Waals surface area contributed by atoms with Crippen molar-refractivity contribution in [2.24, 2.45) is 10.8 Å². The molecular formula is C14H23N5O. The Hall–Kier alpha value is -1.79. The van der Waals surface area contributed by atoms with Crippen LogP contribution in [0.4, 0.5) is 11.4 Å². The van der Waals surface area contributed by atoms with Gasteiger partial charge in [0.2, 0.25) is 5.96 Å². The lowest BCUT2D eigenvalue weighted by molar-refractivity contribution is 0.122. The van der Waals surface area contributed by atoms with Crippen molar-refractivity contribution in [1.82, 2.24) is 5.43 Å². The van der Waals surface area contributed by atoms with Gasteiger partial charge in [-0.05, 0) is 38.1 Å². The second kappa shape index (κ2) is 7.12. The highest BCUT2D eigenvalue weighted by Gasteiger charge is 2.10. The lowest BCUT2D eigenvalue weighted by atomic mass is 10.2. The molecule has 0 bridgehead atoms. The fraction of sp³-hybridized carbons (Fsp3) is 0.500. The largest absolute Gasteiger partial charge is 0.378 e. The van der Waals surface area contributed by atoms with Gasteiger partial charge in [-0.1, -0.05) is 0 Å². The van der Waals surface area contributed by atoms with Gasteiger partial charge >= 0.3 is 0 Å². The van der Waals surface area contributed by atoms with Crippen molar-refractivity contribution >= 4 is 17.3 Å². The predicted octanol–water partition coefficient (Wildman–Crippen LogP) is 1.16. The van der Waals surface area contributed by atoms with Gasteiger partial charge in [-0.2, -0.15) is 0 Å². The first-order chi connectivity index (χ1) is 9.69. The number of ether oxygens (including phenoxy) is 1. The summed E-state index contributed by atoms with van der Waals surface area (Å²) in [6.45, 7) is 7.47. The van der Waals surface area contributed by atoms with Crippen molar-refractivity contribution in [2.45, 2.75) is 19.9 Å². The third-order valence-corrected chi connectivity index (χ3v) is 3.03. The maximum absolute atomic E-state index is 5.45. The van der Waals surface area contributed by atoms with E-state index in [0.717, 1.165) is 32.0 Å². The van der Waals surface area contributed by atoms with Gasteiger partial charge < -0.3 is 15.0 Å². The van der Waals surface area contributed by atoms with E-state index < -0.39 is 0 Å². The van der Waals surface area contributed by atoms with E-state index in [1.807, 2.05) is 26.0 Å². The number of nitrogens with zero attached hydrogens (tertiary/aromatic N) is 2. The zero-order valence-electron chi connectivity index (χ0n) is 12.1. The Morgan fingerprint density at radius 1 is 1.25 bits per heavy atom. The van der Waals surface area contributed by atoms with E-state index in [9.17, 15) is 0 Å². The Kier molecular flexibility index (Phi) is 5.20. The highest BCUT2D eigenvalue weighted by molar-refractivity contribution is 5.93. The highest BCUT2D eigenvalue weighted by Crippen LogP contribution is 2.18. The first-order valence-electron chi connectivity index (χ1n) is 6.93. The standard InChI is InChI=1S/C14H23N5O/c1-11(2)16-14(18-15)17-12-3-5-13(6-4-12)19-7-9-20-10-8-19/h3-6,11H,7-10,15H2,1-2H3,(H2,16,17,18). The monoisotopic (exact) mass is 277 g/mol. The van der Waals surface area contributed by atoms with Crippen molar-refractivity contribution in [2.75, 3.05) is 36.5 Å². The van der Waals surface area contributed by atoms with E-state index in [2.05, 4.69) is 32.8 Å².